The van der Waals surface area contributed by atoms with Gasteiger partial charge in [-0.3, -0.25) is 9.59 Å². The van der Waals surface area contributed by atoms with Crippen molar-refractivity contribution in [3.05, 3.63) is 34.9 Å². The Morgan fingerprint density at radius 3 is 2.39 bits per heavy atom. The Bertz CT molecular complexity index is 468. The Kier molecular flexibility index (Phi) is 4.48. The molecule has 0 spiro atoms. The fourth-order valence-corrected chi connectivity index (χ4v) is 1.62. The maximum absolute atomic E-state index is 12.1. The van der Waals surface area contributed by atoms with Crippen LogP contribution in [-0.4, -0.2) is 23.0 Å². The van der Waals surface area contributed by atoms with Crippen molar-refractivity contribution in [3.63, 3.8) is 0 Å². The molecule has 0 aliphatic carbocycles. The van der Waals surface area contributed by atoms with Gasteiger partial charge in [0.15, 0.2) is 0 Å². The molecule has 0 radical (unpaired) electrons. The molecule has 0 heterocycles. The van der Waals surface area contributed by atoms with Crippen LogP contribution in [0.4, 0.5) is 0 Å². The highest BCUT2D eigenvalue weighted by Gasteiger charge is 2.22. The maximum Gasteiger partial charge on any atom is 0.308 e. The van der Waals surface area contributed by atoms with Gasteiger partial charge in [-0.1, -0.05) is 12.1 Å². The molecule has 1 amide bonds. The Morgan fingerprint density at radius 1 is 1.22 bits per heavy atom. The number of aliphatic carboxylic acids is 1. The van der Waals surface area contributed by atoms with Gasteiger partial charge in [0.05, 0.1) is 5.92 Å². The van der Waals surface area contributed by atoms with Crippen LogP contribution in [0.3, 0.4) is 0 Å². The lowest BCUT2D eigenvalue weighted by atomic mass is 10.0. The topological polar surface area (TPSA) is 66.4 Å². The molecule has 0 saturated heterocycles. The third-order valence-electron chi connectivity index (χ3n) is 3.35. The Morgan fingerprint density at radius 2 is 1.83 bits per heavy atom. The number of carbonyl (C=O) groups is 2. The lowest BCUT2D eigenvalue weighted by Gasteiger charge is -2.18. The standard InChI is InChI=1S/C14H19NO3/c1-8-6-5-7-12(9(8)2)13(16)15-11(4)10(3)14(17)18/h5-7,10-11H,1-4H3,(H,15,16)(H,17,18). The summed E-state index contributed by atoms with van der Waals surface area (Å²) in [5.41, 5.74) is 2.56. The number of carboxylic acids is 1. The zero-order valence-corrected chi connectivity index (χ0v) is 11.2. The molecular weight excluding hydrogens is 230 g/mol. The van der Waals surface area contributed by atoms with E-state index in [1.807, 2.05) is 26.0 Å². The minimum absolute atomic E-state index is 0.225. The highest BCUT2D eigenvalue weighted by atomic mass is 16.4. The second-order valence-corrected chi connectivity index (χ2v) is 4.64. The van der Waals surface area contributed by atoms with Crippen LogP contribution in [0.1, 0.15) is 35.3 Å². The van der Waals surface area contributed by atoms with Crippen molar-refractivity contribution in [1.29, 1.82) is 0 Å². The van der Waals surface area contributed by atoms with E-state index in [1.165, 1.54) is 0 Å². The lowest BCUT2D eigenvalue weighted by Crippen LogP contribution is -2.40. The zero-order valence-electron chi connectivity index (χ0n) is 11.2. The van der Waals surface area contributed by atoms with Gasteiger partial charge in [0.1, 0.15) is 0 Å². The van der Waals surface area contributed by atoms with Crippen molar-refractivity contribution in [3.8, 4) is 0 Å². The monoisotopic (exact) mass is 249 g/mol. The van der Waals surface area contributed by atoms with Crippen molar-refractivity contribution < 1.29 is 14.7 Å². The molecule has 1 rings (SSSR count). The van der Waals surface area contributed by atoms with Crippen LogP contribution in [-0.2, 0) is 4.79 Å². The van der Waals surface area contributed by atoms with Gasteiger partial charge >= 0.3 is 5.97 Å². The van der Waals surface area contributed by atoms with Crippen molar-refractivity contribution in [2.75, 3.05) is 0 Å². The summed E-state index contributed by atoms with van der Waals surface area (Å²) in [7, 11) is 0. The average Bonchev–Trinajstić information content (AvgIpc) is 2.31. The molecule has 1 aromatic rings. The van der Waals surface area contributed by atoms with Gasteiger partial charge in [0.2, 0.25) is 0 Å². The van der Waals surface area contributed by atoms with Crippen LogP contribution in [0.15, 0.2) is 18.2 Å². The quantitative estimate of drug-likeness (QED) is 0.859. The van der Waals surface area contributed by atoms with Crippen molar-refractivity contribution >= 4 is 11.9 Å². The highest BCUT2D eigenvalue weighted by Crippen LogP contribution is 2.13. The molecule has 98 valence electrons. The Labute approximate surface area is 107 Å². The van der Waals surface area contributed by atoms with Crippen LogP contribution in [0.5, 0.6) is 0 Å². The molecule has 2 unspecified atom stereocenters. The molecule has 1 aromatic carbocycles. The minimum atomic E-state index is -0.913. The Hall–Kier alpha value is -1.84. The fraction of sp³-hybridized carbons (Fsp3) is 0.429. The van der Waals surface area contributed by atoms with E-state index in [-0.39, 0.29) is 5.91 Å². The first-order valence-corrected chi connectivity index (χ1v) is 5.94. The third-order valence-corrected chi connectivity index (χ3v) is 3.35. The number of carboxylic acid groups (broad SMARTS) is 1. The van der Waals surface area contributed by atoms with Gasteiger partial charge in [-0.2, -0.15) is 0 Å². The molecule has 0 aliphatic rings. The van der Waals surface area contributed by atoms with Crippen LogP contribution in [0.25, 0.3) is 0 Å². The van der Waals surface area contributed by atoms with Crippen LogP contribution >= 0.6 is 0 Å². The summed E-state index contributed by atoms with van der Waals surface area (Å²) < 4.78 is 0. The van der Waals surface area contributed by atoms with E-state index in [0.717, 1.165) is 11.1 Å². The lowest BCUT2D eigenvalue weighted by molar-refractivity contribution is -0.141. The first kappa shape index (κ1) is 14.2. The average molecular weight is 249 g/mol. The van der Waals surface area contributed by atoms with E-state index >= 15 is 0 Å². The van der Waals surface area contributed by atoms with Crippen molar-refractivity contribution in [1.82, 2.24) is 5.32 Å². The number of nitrogens with one attached hydrogen (secondary N) is 1. The molecule has 0 fully saturated rings. The van der Waals surface area contributed by atoms with Gasteiger partial charge in [0, 0.05) is 11.6 Å². The summed E-state index contributed by atoms with van der Waals surface area (Å²) in [6.07, 6.45) is 0. The third kappa shape index (κ3) is 3.09. The number of hydrogen-bond donors (Lipinski definition) is 2. The first-order valence-electron chi connectivity index (χ1n) is 5.94. The molecule has 0 aliphatic heterocycles. The smallest absolute Gasteiger partial charge is 0.308 e. The molecule has 2 N–H and O–H groups in total. The molecule has 2 atom stereocenters. The van der Waals surface area contributed by atoms with Crippen LogP contribution < -0.4 is 5.32 Å². The number of aryl methyl sites for hydroxylation is 1. The summed E-state index contributed by atoms with van der Waals surface area (Å²) in [6.45, 7) is 7.10. The van der Waals surface area contributed by atoms with Gasteiger partial charge in [-0.25, -0.2) is 0 Å². The SMILES string of the molecule is Cc1cccc(C(=O)NC(C)C(C)C(=O)O)c1C. The molecule has 4 heteroatoms. The highest BCUT2D eigenvalue weighted by molar-refractivity contribution is 5.96. The zero-order chi connectivity index (χ0) is 13.9. The summed E-state index contributed by atoms with van der Waals surface area (Å²) in [5.74, 6) is -1.75. The predicted molar refractivity (Wildman–Crippen MR) is 69.6 cm³/mol. The summed E-state index contributed by atoms with van der Waals surface area (Å²) in [4.78, 5) is 22.9. The van der Waals surface area contributed by atoms with Gasteiger partial charge in [0.25, 0.3) is 5.91 Å². The first-order chi connectivity index (χ1) is 8.34. The van der Waals surface area contributed by atoms with Crippen LogP contribution in [0.2, 0.25) is 0 Å². The largest absolute Gasteiger partial charge is 0.481 e. The second kappa shape index (κ2) is 5.67. The number of benzene rings is 1. The number of hydrogen-bond acceptors (Lipinski definition) is 2. The van der Waals surface area contributed by atoms with Crippen molar-refractivity contribution in [2.24, 2.45) is 5.92 Å². The molecule has 0 bridgehead atoms. The maximum atomic E-state index is 12.1. The number of amides is 1. The summed E-state index contributed by atoms with van der Waals surface area (Å²) >= 11 is 0. The number of rotatable bonds is 4. The van der Waals surface area contributed by atoms with Gasteiger partial charge in [-0.05, 0) is 44.9 Å². The number of carbonyl (C=O) groups excluding carboxylic acids is 1. The van der Waals surface area contributed by atoms with Gasteiger partial charge in [-0.15, -0.1) is 0 Å². The minimum Gasteiger partial charge on any atom is -0.481 e. The fourth-order valence-electron chi connectivity index (χ4n) is 1.62. The molecular formula is C14H19NO3. The van der Waals surface area contributed by atoms with E-state index < -0.39 is 17.9 Å². The predicted octanol–water partition coefficient (Wildman–Crippen LogP) is 2.14. The van der Waals surface area contributed by atoms with Crippen LogP contribution in [0, 0.1) is 19.8 Å². The molecule has 18 heavy (non-hydrogen) atoms. The summed E-state index contributed by atoms with van der Waals surface area (Å²) in [5, 5.41) is 11.6. The van der Waals surface area contributed by atoms with E-state index in [9.17, 15) is 9.59 Å². The molecule has 0 aromatic heterocycles. The second-order valence-electron chi connectivity index (χ2n) is 4.64. The van der Waals surface area contributed by atoms with E-state index in [2.05, 4.69) is 5.32 Å². The summed E-state index contributed by atoms with van der Waals surface area (Å²) in [6, 6.07) is 5.10. The molecule has 0 saturated carbocycles. The Balaban J connectivity index is 2.83. The van der Waals surface area contributed by atoms with E-state index in [1.54, 1.807) is 19.9 Å². The normalized spacial score (nSPS) is 13.8. The van der Waals surface area contributed by atoms with Gasteiger partial charge < -0.3 is 10.4 Å². The van der Waals surface area contributed by atoms with E-state index in [0.29, 0.717) is 5.56 Å². The van der Waals surface area contributed by atoms with E-state index in [4.69, 9.17) is 5.11 Å². The van der Waals surface area contributed by atoms with Crippen molar-refractivity contribution in [2.45, 2.75) is 33.7 Å². The molecule has 4 nitrogen and oxygen atoms in total.